The van der Waals surface area contributed by atoms with Gasteiger partial charge in [0.15, 0.2) is 0 Å². The molecule has 0 saturated heterocycles. The summed E-state index contributed by atoms with van der Waals surface area (Å²) in [5.74, 6) is 0.530. The Balaban J connectivity index is 1.54. The van der Waals surface area contributed by atoms with Crippen LogP contribution in [0.3, 0.4) is 0 Å². The van der Waals surface area contributed by atoms with Crippen molar-refractivity contribution < 1.29 is 17.3 Å². The van der Waals surface area contributed by atoms with Gasteiger partial charge in [0.05, 0.1) is 19.0 Å². The van der Waals surface area contributed by atoms with Gasteiger partial charge in [-0.3, -0.25) is 4.18 Å². The molecule has 0 aliphatic heterocycles. The molecule has 1 saturated carbocycles. The van der Waals surface area contributed by atoms with Crippen LogP contribution < -0.4 is 0 Å². The fraction of sp³-hybridized carbons (Fsp3) is 0.571. The van der Waals surface area contributed by atoms with E-state index in [0.717, 1.165) is 25.5 Å². The summed E-state index contributed by atoms with van der Waals surface area (Å²) in [5, 5.41) is 0. The zero-order valence-corrected chi connectivity index (χ0v) is 11.9. The van der Waals surface area contributed by atoms with Crippen LogP contribution in [0.1, 0.15) is 24.8 Å². The second kappa shape index (κ2) is 6.50. The number of ether oxygens (including phenoxy) is 1. The van der Waals surface area contributed by atoms with Crippen molar-refractivity contribution in [2.75, 3.05) is 12.9 Å². The lowest BCUT2D eigenvalue weighted by atomic mass is 9.80. The van der Waals surface area contributed by atoms with Crippen LogP contribution in [-0.4, -0.2) is 27.4 Å². The molecule has 1 aliphatic rings. The van der Waals surface area contributed by atoms with Gasteiger partial charge in [0.25, 0.3) is 10.1 Å². The Labute approximate surface area is 114 Å². The average Bonchev–Trinajstić information content (AvgIpc) is 2.30. The molecule has 19 heavy (non-hydrogen) atoms. The lowest BCUT2D eigenvalue weighted by Gasteiger charge is -2.33. The highest BCUT2D eigenvalue weighted by Gasteiger charge is 2.31. The van der Waals surface area contributed by atoms with Crippen molar-refractivity contribution in [1.82, 2.24) is 0 Å². The first-order chi connectivity index (χ1) is 9.03. The first kappa shape index (κ1) is 14.5. The monoisotopic (exact) mass is 284 g/mol. The van der Waals surface area contributed by atoms with Crippen molar-refractivity contribution in [3.63, 3.8) is 0 Å². The van der Waals surface area contributed by atoms with Crippen LogP contribution in [0.4, 0.5) is 0 Å². The number of hydrogen-bond acceptors (Lipinski definition) is 4. The van der Waals surface area contributed by atoms with Gasteiger partial charge >= 0.3 is 0 Å². The van der Waals surface area contributed by atoms with Crippen LogP contribution in [0.25, 0.3) is 0 Å². The summed E-state index contributed by atoms with van der Waals surface area (Å²) in [5.41, 5.74) is 1.18. The highest BCUT2D eigenvalue weighted by atomic mass is 32.2. The van der Waals surface area contributed by atoms with Gasteiger partial charge in [-0.25, -0.2) is 0 Å². The number of rotatable bonds is 7. The zero-order chi connectivity index (χ0) is 13.7. The molecule has 0 spiro atoms. The molecule has 0 N–H and O–H groups in total. The van der Waals surface area contributed by atoms with E-state index in [1.54, 1.807) is 0 Å². The quantitative estimate of drug-likeness (QED) is 0.569. The van der Waals surface area contributed by atoms with Crippen LogP contribution in [0.2, 0.25) is 0 Å². The first-order valence-corrected chi connectivity index (χ1v) is 8.34. The molecule has 4 nitrogen and oxygen atoms in total. The van der Waals surface area contributed by atoms with Gasteiger partial charge in [-0.2, -0.15) is 8.42 Å². The molecule has 5 heteroatoms. The lowest BCUT2D eigenvalue weighted by molar-refractivity contribution is 0.0381. The fourth-order valence-corrected chi connectivity index (χ4v) is 2.90. The Bertz CT molecular complexity index is 477. The van der Waals surface area contributed by atoms with Crippen LogP contribution in [0.5, 0.6) is 0 Å². The smallest absolute Gasteiger partial charge is 0.264 e. The molecule has 0 aromatic heterocycles. The summed E-state index contributed by atoms with van der Waals surface area (Å²) in [4.78, 5) is 0. The van der Waals surface area contributed by atoms with Crippen molar-refractivity contribution in [3.8, 4) is 0 Å². The molecular weight excluding hydrogens is 264 g/mol. The van der Waals surface area contributed by atoms with Gasteiger partial charge < -0.3 is 4.74 Å². The van der Waals surface area contributed by atoms with Crippen molar-refractivity contribution in [1.29, 1.82) is 0 Å². The maximum Gasteiger partial charge on any atom is 0.264 e. The third kappa shape index (κ3) is 5.30. The molecule has 1 aromatic carbocycles. The molecule has 2 rings (SSSR count). The molecular formula is C14H20O4S. The summed E-state index contributed by atoms with van der Waals surface area (Å²) in [7, 11) is -3.30. The Morgan fingerprint density at radius 2 is 1.89 bits per heavy atom. The summed E-state index contributed by atoms with van der Waals surface area (Å²) in [6.07, 6.45) is 3.60. The largest absolute Gasteiger partial charge is 0.377 e. The second-order valence-corrected chi connectivity index (χ2v) is 6.69. The van der Waals surface area contributed by atoms with E-state index in [1.807, 2.05) is 30.3 Å². The van der Waals surface area contributed by atoms with E-state index in [-0.39, 0.29) is 6.10 Å². The molecule has 0 radical (unpaired) electrons. The topological polar surface area (TPSA) is 52.6 Å². The molecule has 0 amide bonds. The number of hydrogen-bond donors (Lipinski definition) is 0. The Kier molecular flexibility index (Phi) is 4.96. The zero-order valence-electron chi connectivity index (χ0n) is 11.1. The molecule has 0 atom stereocenters. The standard InChI is InChI=1S/C14H20O4S/c1-19(15,16)18-14-9-13(10-14)7-8-17-11-12-5-3-2-4-6-12/h2-6,13-14H,7-11H2,1H3. The fourth-order valence-electron chi connectivity index (χ4n) is 2.25. The molecule has 0 heterocycles. The van der Waals surface area contributed by atoms with Crippen molar-refractivity contribution in [2.45, 2.75) is 32.0 Å². The molecule has 1 fully saturated rings. The van der Waals surface area contributed by atoms with Gasteiger partial charge in [-0.15, -0.1) is 0 Å². The maximum atomic E-state index is 10.9. The highest BCUT2D eigenvalue weighted by molar-refractivity contribution is 7.86. The van der Waals surface area contributed by atoms with Gasteiger partial charge in [0.2, 0.25) is 0 Å². The Morgan fingerprint density at radius 1 is 1.21 bits per heavy atom. The lowest BCUT2D eigenvalue weighted by Crippen LogP contribution is -2.33. The van der Waals surface area contributed by atoms with Crippen LogP contribution in [0, 0.1) is 5.92 Å². The van der Waals surface area contributed by atoms with E-state index in [2.05, 4.69) is 0 Å². The SMILES string of the molecule is CS(=O)(=O)OC1CC(CCOCc2ccccc2)C1. The van der Waals surface area contributed by atoms with E-state index in [4.69, 9.17) is 8.92 Å². The highest BCUT2D eigenvalue weighted by Crippen LogP contribution is 2.33. The predicted molar refractivity (Wildman–Crippen MR) is 73.2 cm³/mol. The molecule has 1 aliphatic carbocycles. The minimum absolute atomic E-state index is 0.117. The van der Waals surface area contributed by atoms with Gasteiger partial charge in [-0.1, -0.05) is 30.3 Å². The summed E-state index contributed by atoms with van der Waals surface area (Å²) in [6.45, 7) is 1.35. The summed E-state index contributed by atoms with van der Waals surface area (Å²) >= 11 is 0. The summed E-state index contributed by atoms with van der Waals surface area (Å²) < 4.78 is 32.3. The van der Waals surface area contributed by atoms with Crippen molar-refractivity contribution >= 4 is 10.1 Å². The van der Waals surface area contributed by atoms with E-state index >= 15 is 0 Å². The van der Waals surface area contributed by atoms with Crippen molar-refractivity contribution in [3.05, 3.63) is 35.9 Å². The third-order valence-corrected chi connectivity index (χ3v) is 3.91. The average molecular weight is 284 g/mol. The van der Waals surface area contributed by atoms with Gasteiger partial charge in [0, 0.05) is 6.61 Å². The maximum absolute atomic E-state index is 10.9. The van der Waals surface area contributed by atoms with Crippen molar-refractivity contribution in [2.24, 2.45) is 5.92 Å². The molecule has 0 bridgehead atoms. The molecule has 1 aromatic rings. The summed E-state index contributed by atoms with van der Waals surface area (Å²) in [6, 6.07) is 10.1. The second-order valence-electron chi connectivity index (χ2n) is 5.09. The Hall–Kier alpha value is -0.910. The Morgan fingerprint density at radius 3 is 2.53 bits per heavy atom. The van der Waals surface area contributed by atoms with Gasteiger partial charge in [-0.05, 0) is 30.7 Å². The predicted octanol–water partition coefficient (Wildman–Crippen LogP) is 2.35. The van der Waals surface area contributed by atoms with Crippen LogP contribution >= 0.6 is 0 Å². The minimum atomic E-state index is -3.30. The van der Waals surface area contributed by atoms with E-state index in [0.29, 0.717) is 19.1 Å². The normalized spacial score (nSPS) is 23.0. The molecule has 0 unspecified atom stereocenters. The first-order valence-electron chi connectivity index (χ1n) is 6.53. The van der Waals surface area contributed by atoms with E-state index < -0.39 is 10.1 Å². The third-order valence-electron chi connectivity index (χ3n) is 3.29. The minimum Gasteiger partial charge on any atom is -0.377 e. The number of benzene rings is 1. The van der Waals surface area contributed by atoms with E-state index in [1.165, 1.54) is 5.56 Å². The molecule has 106 valence electrons. The van der Waals surface area contributed by atoms with E-state index in [9.17, 15) is 8.42 Å². The van der Waals surface area contributed by atoms with Gasteiger partial charge in [0.1, 0.15) is 0 Å². The van der Waals surface area contributed by atoms with Crippen LogP contribution in [-0.2, 0) is 25.6 Å². The van der Waals surface area contributed by atoms with Crippen LogP contribution in [0.15, 0.2) is 30.3 Å².